The largest absolute Gasteiger partial charge is 0.396 e. The van der Waals surface area contributed by atoms with Gasteiger partial charge in [0.2, 0.25) is 0 Å². The second-order valence-corrected chi connectivity index (χ2v) is 5.78. The Balaban J connectivity index is 1.97. The van der Waals surface area contributed by atoms with E-state index in [0.29, 0.717) is 6.04 Å². The van der Waals surface area contributed by atoms with E-state index in [9.17, 15) is 0 Å². The zero-order valence-electron chi connectivity index (χ0n) is 10.1. The predicted molar refractivity (Wildman–Crippen MR) is 77.3 cm³/mol. The molecule has 1 aromatic carbocycles. The first-order chi connectivity index (χ1) is 8.74. The summed E-state index contributed by atoms with van der Waals surface area (Å²) < 4.78 is 3.10. The Bertz CT molecular complexity index is 556. The zero-order chi connectivity index (χ0) is 12.5. The highest BCUT2D eigenvalue weighted by molar-refractivity contribution is 9.10. The van der Waals surface area contributed by atoms with Gasteiger partial charge >= 0.3 is 0 Å². The van der Waals surface area contributed by atoms with Gasteiger partial charge in [-0.2, -0.15) is 5.10 Å². The Morgan fingerprint density at radius 3 is 2.78 bits per heavy atom. The van der Waals surface area contributed by atoms with Crippen molar-refractivity contribution in [3.05, 3.63) is 34.9 Å². The molecule has 3 rings (SSSR count). The lowest BCUT2D eigenvalue weighted by Crippen LogP contribution is -2.04. The molecule has 94 valence electrons. The van der Waals surface area contributed by atoms with Gasteiger partial charge in [0.05, 0.1) is 11.7 Å². The van der Waals surface area contributed by atoms with Crippen LogP contribution in [0.4, 0.5) is 5.69 Å². The molecule has 2 aromatic rings. The van der Waals surface area contributed by atoms with E-state index in [2.05, 4.69) is 31.8 Å². The van der Waals surface area contributed by atoms with Crippen LogP contribution in [0.2, 0.25) is 0 Å². The van der Waals surface area contributed by atoms with Gasteiger partial charge < -0.3 is 5.73 Å². The maximum Gasteiger partial charge on any atom is 0.115 e. The average molecular weight is 306 g/mol. The lowest BCUT2D eigenvalue weighted by atomic mass is 10.1. The molecule has 0 aliphatic heterocycles. The molecule has 1 aliphatic rings. The average Bonchev–Trinajstić information content (AvgIpc) is 2.97. The van der Waals surface area contributed by atoms with E-state index >= 15 is 0 Å². The molecule has 0 saturated heterocycles. The number of halogens is 1. The van der Waals surface area contributed by atoms with Crippen molar-refractivity contribution in [3.63, 3.8) is 0 Å². The summed E-state index contributed by atoms with van der Waals surface area (Å²) in [7, 11) is 0. The molecule has 0 radical (unpaired) electrons. The summed E-state index contributed by atoms with van der Waals surface area (Å²) in [4.78, 5) is 0. The molecule has 1 saturated carbocycles. The van der Waals surface area contributed by atoms with Gasteiger partial charge in [-0.1, -0.05) is 40.9 Å². The van der Waals surface area contributed by atoms with E-state index in [1.54, 1.807) is 0 Å². The maximum atomic E-state index is 6.09. The second-order valence-electron chi connectivity index (χ2n) is 4.86. The molecule has 0 spiro atoms. The minimum absolute atomic E-state index is 0.535. The lowest BCUT2D eigenvalue weighted by molar-refractivity contribution is 0.468. The first-order valence-electron chi connectivity index (χ1n) is 6.34. The lowest BCUT2D eigenvalue weighted by Gasteiger charge is -2.08. The number of hydrogen-bond donors (Lipinski definition) is 1. The standard InChI is InChI=1S/C14H16BrN3/c15-11-5-3-4-10(8-11)14-13(16)9-18(17-14)12-6-1-2-7-12/h3-5,8-9,12H,1-2,6-7,16H2. The minimum Gasteiger partial charge on any atom is -0.396 e. The van der Waals surface area contributed by atoms with E-state index in [1.165, 1.54) is 25.7 Å². The summed E-state index contributed by atoms with van der Waals surface area (Å²) in [5, 5.41) is 4.67. The van der Waals surface area contributed by atoms with Crippen molar-refractivity contribution >= 4 is 21.6 Å². The van der Waals surface area contributed by atoms with Gasteiger partial charge in [-0.25, -0.2) is 0 Å². The molecule has 0 bridgehead atoms. The number of nitrogens with two attached hydrogens (primary N) is 1. The van der Waals surface area contributed by atoms with Crippen LogP contribution in [0.15, 0.2) is 34.9 Å². The van der Waals surface area contributed by atoms with Crippen LogP contribution in [0.3, 0.4) is 0 Å². The van der Waals surface area contributed by atoms with E-state index in [4.69, 9.17) is 5.73 Å². The number of rotatable bonds is 2. The van der Waals surface area contributed by atoms with Gasteiger partial charge in [-0.3, -0.25) is 4.68 Å². The number of aromatic nitrogens is 2. The van der Waals surface area contributed by atoms with Crippen LogP contribution in [0, 0.1) is 0 Å². The molecule has 2 N–H and O–H groups in total. The van der Waals surface area contributed by atoms with Gasteiger partial charge in [0.15, 0.2) is 0 Å². The molecule has 4 heteroatoms. The Labute approximate surface area is 115 Å². The molecule has 1 fully saturated rings. The molecule has 1 aliphatic carbocycles. The molecule has 0 unspecified atom stereocenters. The summed E-state index contributed by atoms with van der Waals surface area (Å²) in [6, 6.07) is 8.65. The first kappa shape index (κ1) is 11.8. The summed E-state index contributed by atoms with van der Waals surface area (Å²) in [6.45, 7) is 0. The zero-order valence-corrected chi connectivity index (χ0v) is 11.7. The molecule has 0 amide bonds. The van der Waals surface area contributed by atoms with Crippen molar-refractivity contribution in [3.8, 4) is 11.3 Å². The van der Waals surface area contributed by atoms with Crippen LogP contribution in [-0.4, -0.2) is 9.78 Å². The Hall–Kier alpha value is -1.29. The number of nitrogen functional groups attached to an aromatic ring is 1. The number of anilines is 1. The number of hydrogen-bond acceptors (Lipinski definition) is 2. The quantitative estimate of drug-likeness (QED) is 0.911. The summed E-state index contributed by atoms with van der Waals surface area (Å²) in [5.41, 5.74) is 8.82. The van der Waals surface area contributed by atoms with Crippen molar-refractivity contribution in [1.29, 1.82) is 0 Å². The molecule has 18 heavy (non-hydrogen) atoms. The third-order valence-electron chi connectivity index (χ3n) is 3.56. The smallest absolute Gasteiger partial charge is 0.115 e. The molecular formula is C14H16BrN3. The first-order valence-corrected chi connectivity index (χ1v) is 7.14. The van der Waals surface area contributed by atoms with Gasteiger partial charge in [-0.15, -0.1) is 0 Å². The fourth-order valence-corrected chi connectivity index (χ4v) is 3.02. The van der Waals surface area contributed by atoms with Crippen molar-refractivity contribution in [2.75, 3.05) is 5.73 Å². The molecule has 1 heterocycles. The van der Waals surface area contributed by atoms with Crippen molar-refractivity contribution in [2.45, 2.75) is 31.7 Å². The Morgan fingerprint density at radius 2 is 2.06 bits per heavy atom. The third kappa shape index (κ3) is 2.17. The Kier molecular flexibility index (Phi) is 3.12. The minimum atomic E-state index is 0.535. The van der Waals surface area contributed by atoms with Gasteiger partial charge in [-0.05, 0) is 25.0 Å². The van der Waals surface area contributed by atoms with Crippen molar-refractivity contribution in [2.24, 2.45) is 0 Å². The highest BCUT2D eigenvalue weighted by Gasteiger charge is 2.19. The van der Waals surface area contributed by atoms with Crippen LogP contribution < -0.4 is 5.73 Å². The molecule has 3 nitrogen and oxygen atoms in total. The maximum absolute atomic E-state index is 6.09. The second kappa shape index (κ2) is 4.76. The van der Waals surface area contributed by atoms with Gasteiger partial charge in [0.1, 0.15) is 5.69 Å². The van der Waals surface area contributed by atoms with Gasteiger partial charge in [0.25, 0.3) is 0 Å². The molecule has 0 atom stereocenters. The normalized spacial score (nSPS) is 16.3. The topological polar surface area (TPSA) is 43.8 Å². The fourth-order valence-electron chi connectivity index (χ4n) is 2.62. The van der Waals surface area contributed by atoms with E-state index < -0.39 is 0 Å². The fraction of sp³-hybridized carbons (Fsp3) is 0.357. The van der Waals surface area contributed by atoms with Crippen LogP contribution in [0.1, 0.15) is 31.7 Å². The van der Waals surface area contributed by atoms with Crippen LogP contribution in [0.25, 0.3) is 11.3 Å². The number of benzene rings is 1. The van der Waals surface area contributed by atoms with E-state index in [0.717, 1.165) is 21.4 Å². The Morgan fingerprint density at radius 1 is 1.28 bits per heavy atom. The summed E-state index contributed by atoms with van der Waals surface area (Å²) in [5.74, 6) is 0. The SMILES string of the molecule is Nc1cn(C2CCCC2)nc1-c1cccc(Br)c1. The summed E-state index contributed by atoms with van der Waals surface area (Å²) in [6.07, 6.45) is 7.03. The highest BCUT2D eigenvalue weighted by atomic mass is 79.9. The molecule has 1 aromatic heterocycles. The van der Waals surface area contributed by atoms with Crippen molar-refractivity contribution in [1.82, 2.24) is 9.78 Å². The molecular weight excluding hydrogens is 290 g/mol. The third-order valence-corrected chi connectivity index (χ3v) is 4.05. The van der Waals surface area contributed by atoms with Crippen LogP contribution in [-0.2, 0) is 0 Å². The van der Waals surface area contributed by atoms with Crippen LogP contribution >= 0.6 is 15.9 Å². The van der Waals surface area contributed by atoms with E-state index in [-0.39, 0.29) is 0 Å². The number of nitrogens with zero attached hydrogens (tertiary/aromatic N) is 2. The van der Waals surface area contributed by atoms with E-state index in [1.807, 2.05) is 24.4 Å². The monoisotopic (exact) mass is 305 g/mol. The van der Waals surface area contributed by atoms with Gasteiger partial charge in [0, 0.05) is 16.2 Å². The highest BCUT2D eigenvalue weighted by Crippen LogP contribution is 2.33. The van der Waals surface area contributed by atoms with Crippen LogP contribution in [0.5, 0.6) is 0 Å². The predicted octanol–water partition coefficient (Wildman–Crippen LogP) is 4.01. The summed E-state index contributed by atoms with van der Waals surface area (Å²) >= 11 is 3.48. The van der Waals surface area contributed by atoms with Crippen molar-refractivity contribution < 1.29 is 0 Å².